The van der Waals surface area contributed by atoms with Crippen molar-refractivity contribution < 1.29 is 9.13 Å². The lowest BCUT2D eigenvalue weighted by Crippen LogP contribution is -2.26. The molecule has 0 aromatic heterocycles. The van der Waals surface area contributed by atoms with Gasteiger partial charge in [0.25, 0.3) is 0 Å². The topological polar surface area (TPSA) is 38.5 Å². The first-order valence-electron chi connectivity index (χ1n) is 6.92. The Morgan fingerprint density at radius 2 is 2.21 bits per heavy atom. The molecule has 1 saturated carbocycles. The zero-order valence-electron chi connectivity index (χ0n) is 11.7. The molecule has 0 spiro atoms. The van der Waals surface area contributed by atoms with Crippen LogP contribution in [0.3, 0.4) is 0 Å². The van der Waals surface area contributed by atoms with Crippen LogP contribution in [0.2, 0.25) is 0 Å². The highest BCUT2D eigenvalue weighted by Gasteiger charge is 2.21. The van der Waals surface area contributed by atoms with Crippen LogP contribution in [-0.4, -0.2) is 26.8 Å². The number of ether oxygens (including phenoxy) is 1. The highest BCUT2D eigenvalue weighted by Crippen LogP contribution is 2.29. The van der Waals surface area contributed by atoms with E-state index in [9.17, 15) is 4.39 Å². The third-order valence-corrected chi connectivity index (χ3v) is 3.51. The van der Waals surface area contributed by atoms with Crippen LogP contribution in [-0.2, 0) is 4.74 Å². The third kappa shape index (κ3) is 3.91. The molecule has 3 nitrogen and oxygen atoms in total. The number of para-hydroxylation sites is 1. The summed E-state index contributed by atoms with van der Waals surface area (Å²) in [5, 5.41) is 0. The van der Waals surface area contributed by atoms with Crippen LogP contribution < -0.4 is 10.6 Å². The summed E-state index contributed by atoms with van der Waals surface area (Å²) in [4.78, 5) is 1.89. The quantitative estimate of drug-likeness (QED) is 0.771. The summed E-state index contributed by atoms with van der Waals surface area (Å²) in [7, 11) is 1.88. The van der Waals surface area contributed by atoms with Crippen molar-refractivity contribution in [3.05, 3.63) is 29.6 Å². The Labute approximate surface area is 114 Å². The fraction of sp³-hybridized carbons (Fsp3) is 0.600. The van der Waals surface area contributed by atoms with Gasteiger partial charge in [0.05, 0.1) is 12.3 Å². The van der Waals surface area contributed by atoms with Gasteiger partial charge in [0.15, 0.2) is 0 Å². The van der Waals surface area contributed by atoms with Crippen LogP contribution in [0.25, 0.3) is 0 Å². The largest absolute Gasteiger partial charge is 0.379 e. The normalized spacial score (nSPS) is 16.4. The Morgan fingerprint density at radius 3 is 2.84 bits per heavy atom. The van der Waals surface area contributed by atoms with E-state index in [0.717, 1.165) is 18.1 Å². The van der Waals surface area contributed by atoms with E-state index in [2.05, 4.69) is 0 Å². The molecule has 1 aliphatic carbocycles. The van der Waals surface area contributed by atoms with Gasteiger partial charge < -0.3 is 15.4 Å². The van der Waals surface area contributed by atoms with Crippen molar-refractivity contribution in [1.82, 2.24) is 0 Å². The second kappa shape index (κ2) is 6.35. The predicted octanol–water partition coefficient (Wildman–Crippen LogP) is 2.71. The molecule has 1 aromatic rings. The molecule has 2 N–H and O–H groups in total. The third-order valence-electron chi connectivity index (χ3n) is 3.51. The summed E-state index contributed by atoms with van der Waals surface area (Å²) in [5.41, 5.74) is 7.33. The zero-order valence-corrected chi connectivity index (χ0v) is 11.7. The molecule has 0 bridgehead atoms. The van der Waals surface area contributed by atoms with E-state index >= 15 is 0 Å². The molecule has 0 radical (unpaired) electrons. The lowest BCUT2D eigenvalue weighted by molar-refractivity contribution is 0.130. The number of nitrogens with two attached hydrogens (primary N) is 1. The standard InChI is InChI=1S/C15H23FN2O/c1-11(17)13-4-3-5-14(16)15(13)18(2)8-9-19-10-12-6-7-12/h3-5,11-12H,6-10,17H2,1-2H3/t11-/m0/s1. The fourth-order valence-electron chi connectivity index (χ4n) is 2.15. The summed E-state index contributed by atoms with van der Waals surface area (Å²) in [6.45, 7) is 4.01. The Balaban J connectivity index is 1.94. The van der Waals surface area contributed by atoms with Gasteiger partial charge in [-0.2, -0.15) is 0 Å². The van der Waals surface area contributed by atoms with Crippen LogP contribution in [0.1, 0.15) is 31.4 Å². The minimum atomic E-state index is -0.223. The molecular weight excluding hydrogens is 243 g/mol. The summed E-state index contributed by atoms with van der Waals surface area (Å²) in [5.74, 6) is 0.540. The first-order chi connectivity index (χ1) is 9.09. The number of hydrogen-bond donors (Lipinski definition) is 1. The van der Waals surface area contributed by atoms with E-state index in [1.54, 1.807) is 6.07 Å². The van der Waals surface area contributed by atoms with Gasteiger partial charge in [-0.05, 0) is 37.3 Å². The minimum Gasteiger partial charge on any atom is -0.379 e. The zero-order chi connectivity index (χ0) is 13.8. The summed E-state index contributed by atoms with van der Waals surface area (Å²) < 4.78 is 19.6. The number of hydrogen-bond acceptors (Lipinski definition) is 3. The minimum absolute atomic E-state index is 0.180. The van der Waals surface area contributed by atoms with Gasteiger partial charge in [-0.25, -0.2) is 4.39 Å². The molecule has 1 aromatic carbocycles. The number of nitrogens with zero attached hydrogens (tertiary/aromatic N) is 1. The molecule has 19 heavy (non-hydrogen) atoms. The summed E-state index contributed by atoms with van der Waals surface area (Å²) >= 11 is 0. The van der Waals surface area contributed by atoms with Gasteiger partial charge in [0.2, 0.25) is 0 Å². The predicted molar refractivity (Wildman–Crippen MR) is 75.8 cm³/mol. The molecular formula is C15H23FN2O. The molecule has 0 heterocycles. The van der Waals surface area contributed by atoms with Crippen molar-refractivity contribution in [3.63, 3.8) is 0 Å². The van der Waals surface area contributed by atoms with Crippen molar-refractivity contribution in [2.45, 2.75) is 25.8 Å². The highest BCUT2D eigenvalue weighted by atomic mass is 19.1. The SMILES string of the molecule is C[C@H](N)c1cccc(F)c1N(C)CCOCC1CC1. The van der Waals surface area contributed by atoms with Crippen molar-refractivity contribution in [1.29, 1.82) is 0 Å². The maximum Gasteiger partial charge on any atom is 0.146 e. The molecule has 0 aliphatic heterocycles. The van der Waals surface area contributed by atoms with Crippen LogP contribution in [0.15, 0.2) is 18.2 Å². The molecule has 0 amide bonds. The van der Waals surface area contributed by atoms with E-state index in [0.29, 0.717) is 18.8 Å². The molecule has 1 atom stereocenters. The van der Waals surface area contributed by atoms with Crippen molar-refractivity contribution in [3.8, 4) is 0 Å². The van der Waals surface area contributed by atoms with E-state index in [4.69, 9.17) is 10.5 Å². The smallest absolute Gasteiger partial charge is 0.146 e. The Bertz CT molecular complexity index is 419. The lowest BCUT2D eigenvalue weighted by atomic mass is 10.1. The van der Waals surface area contributed by atoms with Crippen molar-refractivity contribution in [2.75, 3.05) is 31.7 Å². The monoisotopic (exact) mass is 266 g/mol. The number of halogens is 1. The number of likely N-dealkylation sites (N-methyl/N-ethyl adjacent to an activating group) is 1. The molecule has 0 saturated heterocycles. The first-order valence-corrected chi connectivity index (χ1v) is 6.92. The summed E-state index contributed by atoms with van der Waals surface area (Å²) in [6, 6.07) is 4.88. The van der Waals surface area contributed by atoms with E-state index in [-0.39, 0.29) is 11.9 Å². The second-order valence-electron chi connectivity index (χ2n) is 5.41. The van der Waals surface area contributed by atoms with Gasteiger partial charge >= 0.3 is 0 Å². The van der Waals surface area contributed by atoms with Gasteiger partial charge in [-0.1, -0.05) is 12.1 Å². The summed E-state index contributed by atoms with van der Waals surface area (Å²) in [6.07, 6.45) is 2.58. The van der Waals surface area contributed by atoms with E-state index < -0.39 is 0 Å². The van der Waals surface area contributed by atoms with Crippen LogP contribution in [0.5, 0.6) is 0 Å². The maximum atomic E-state index is 14.0. The molecule has 106 valence electrons. The average Bonchev–Trinajstić information content (AvgIpc) is 3.18. The fourth-order valence-corrected chi connectivity index (χ4v) is 2.15. The molecule has 1 fully saturated rings. The Kier molecular flexibility index (Phi) is 4.77. The lowest BCUT2D eigenvalue weighted by Gasteiger charge is -2.24. The van der Waals surface area contributed by atoms with Gasteiger partial charge in [-0.3, -0.25) is 0 Å². The van der Waals surface area contributed by atoms with Gasteiger partial charge in [0, 0.05) is 26.2 Å². The van der Waals surface area contributed by atoms with Crippen molar-refractivity contribution in [2.24, 2.45) is 11.7 Å². The average molecular weight is 266 g/mol. The number of benzene rings is 1. The van der Waals surface area contributed by atoms with Crippen LogP contribution >= 0.6 is 0 Å². The first kappa shape index (κ1) is 14.3. The Hall–Kier alpha value is -1.13. The van der Waals surface area contributed by atoms with Crippen molar-refractivity contribution >= 4 is 5.69 Å². The maximum absolute atomic E-state index is 14.0. The molecule has 2 rings (SSSR count). The van der Waals surface area contributed by atoms with Gasteiger partial charge in [-0.15, -0.1) is 0 Å². The molecule has 4 heteroatoms. The second-order valence-corrected chi connectivity index (χ2v) is 5.41. The number of anilines is 1. The van der Waals surface area contributed by atoms with Crippen LogP contribution in [0, 0.1) is 11.7 Å². The van der Waals surface area contributed by atoms with E-state index in [1.165, 1.54) is 18.9 Å². The van der Waals surface area contributed by atoms with Crippen LogP contribution in [0.4, 0.5) is 10.1 Å². The molecule has 0 unspecified atom stereocenters. The molecule has 1 aliphatic rings. The van der Waals surface area contributed by atoms with E-state index in [1.807, 2.05) is 24.9 Å². The Morgan fingerprint density at radius 1 is 1.47 bits per heavy atom. The number of rotatable bonds is 7. The highest BCUT2D eigenvalue weighted by molar-refractivity contribution is 5.55. The van der Waals surface area contributed by atoms with Gasteiger partial charge in [0.1, 0.15) is 5.82 Å².